The maximum atomic E-state index is 11.7. The molecule has 0 aliphatic heterocycles. The Hall–Kier alpha value is -2.08. The molecule has 0 spiro atoms. The lowest BCUT2D eigenvalue weighted by Crippen LogP contribution is -2.37. The van der Waals surface area contributed by atoms with Crippen molar-refractivity contribution in [3.8, 4) is 5.75 Å². The Morgan fingerprint density at radius 2 is 1.92 bits per heavy atom. The van der Waals surface area contributed by atoms with E-state index in [2.05, 4.69) is 10.6 Å². The first-order valence-corrected chi connectivity index (χ1v) is 8.80. The third-order valence-electron chi connectivity index (χ3n) is 4.46. The van der Waals surface area contributed by atoms with Crippen molar-refractivity contribution >= 4 is 11.8 Å². The van der Waals surface area contributed by atoms with E-state index in [0.29, 0.717) is 12.5 Å². The molecule has 1 saturated carbocycles. The zero-order valence-corrected chi connectivity index (χ0v) is 15.2. The maximum absolute atomic E-state index is 11.7. The molecule has 6 nitrogen and oxygen atoms in total. The lowest BCUT2D eigenvalue weighted by atomic mass is 10.1. The highest BCUT2D eigenvalue weighted by atomic mass is 16.5. The first kappa shape index (κ1) is 19.2. The number of amides is 2. The molecule has 3 unspecified atom stereocenters. The predicted octanol–water partition coefficient (Wildman–Crippen LogP) is 1.32. The molecule has 0 radical (unpaired) electrons. The summed E-state index contributed by atoms with van der Waals surface area (Å²) in [4.78, 5) is 23.4. The molecule has 1 aromatic carbocycles. The van der Waals surface area contributed by atoms with Gasteiger partial charge in [0.1, 0.15) is 18.5 Å². The number of rotatable bonds is 9. The van der Waals surface area contributed by atoms with Gasteiger partial charge in [0, 0.05) is 25.4 Å². The van der Waals surface area contributed by atoms with E-state index in [4.69, 9.17) is 4.74 Å². The maximum Gasteiger partial charge on any atom is 0.223 e. The van der Waals surface area contributed by atoms with Crippen LogP contribution in [0.4, 0.5) is 0 Å². The Kier molecular flexibility index (Phi) is 6.82. The summed E-state index contributed by atoms with van der Waals surface area (Å²) >= 11 is 0. The topological polar surface area (TPSA) is 87.7 Å². The summed E-state index contributed by atoms with van der Waals surface area (Å²) in [5.74, 6) is 1.18. The molecule has 138 valence electrons. The van der Waals surface area contributed by atoms with E-state index in [-0.39, 0.29) is 37.3 Å². The summed E-state index contributed by atoms with van der Waals surface area (Å²) in [7, 11) is 0. The minimum absolute atomic E-state index is 0.0299. The monoisotopic (exact) mass is 348 g/mol. The first-order valence-electron chi connectivity index (χ1n) is 8.80. The van der Waals surface area contributed by atoms with Crippen molar-refractivity contribution in [3.63, 3.8) is 0 Å². The van der Waals surface area contributed by atoms with Crippen molar-refractivity contribution in [2.75, 3.05) is 19.7 Å². The molecule has 0 saturated heterocycles. The van der Waals surface area contributed by atoms with Crippen LogP contribution < -0.4 is 15.4 Å². The summed E-state index contributed by atoms with van der Waals surface area (Å²) in [6.07, 6.45) is 0.354. The van der Waals surface area contributed by atoms with Crippen LogP contribution in [0, 0.1) is 25.7 Å². The van der Waals surface area contributed by atoms with Crippen molar-refractivity contribution in [1.82, 2.24) is 10.6 Å². The van der Waals surface area contributed by atoms with Gasteiger partial charge in [-0.1, -0.05) is 25.1 Å². The normalized spacial score (nSPS) is 19.8. The number of hydrogen-bond acceptors (Lipinski definition) is 4. The minimum atomic E-state index is -0.787. The Morgan fingerprint density at radius 3 is 2.52 bits per heavy atom. The largest absolute Gasteiger partial charge is 0.490 e. The van der Waals surface area contributed by atoms with Gasteiger partial charge in [0.15, 0.2) is 0 Å². The smallest absolute Gasteiger partial charge is 0.223 e. The van der Waals surface area contributed by atoms with Crippen LogP contribution in [0.3, 0.4) is 0 Å². The molecule has 6 heteroatoms. The van der Waals surface area contributed by atoms with Crippen LogP contribution in [0.5, 0.6) is 5.75 Å². The SMILES string of the molecule is Cc1cccc(C)c1OCC(O)CNC(=O)CCNC(=O)C1CC1C. The van der Waals surface area contributed by atoms with Crippen molar-refractivity contribution in [2.24, 2.45) is 11.8 Å². The fourth-order valence-electron chi connectivity index (χ4n) is 2.70. The quantitative estimate of drug-likeness (QED) is 0.628. The van der Waals surface area contributed by atoms with Crippen LogP contribution in [0.1, 0.15) is 30.9 Å². The summed E-state index contributed by atoms with van der Waals surface area (Å²) < 4.78 is 5.66. The molecule has 0 bridgehead atoms. The van der Waals surface area contributed by atoms with E-state index in [1.807, 2.05) is 39.0 Å². The summed E-state index contributed by atoms with van der Waals surface area (Å²) in [6.45, 7) is 6.50. The number of ether oxygens (including phenoxy) is 1. The van der Waals surface area contributed by atoms with Gasteiger partial charge in [-0.3, -0.25) is 9.59 Å². The highest BCUT2D eigenvalue weighted by Gasteiger charge is 2.38. The van der Waals surface area contributed by atoms with Crippen molar-refractivity contribution in [1.29, 1.82) is 0 Å². The van der Waals surface area contributed by atoms with E-state index >= 15 is 0 Å². The van der Waals surface area contributed by atoms with Crippen molar-refractivity contribution < 1.29 is 19.4 Å². The third kappa shape index (κ3) is 6.05. The number of aliphatic hydroxyl groups excluding tert-OH is 1. The van der Waals surface area contributed by atoms with E-state index in [9.17, 15) is 14.7 Å². The van der Waals surface area contributed by atoms with Gasteiger partial charge in [0.25, 0.3) is 0 Å². The second-order valence-corrected chi connectivity index (χ2v) is 6.85. The number of carbonyl (C=O) groups excluding carboxylic acids is 2. The zero-order chi connectivity index (χ0) is 18.4. The second kappa shape index (κ2) is 8.85. The van der Waals surface area contributed by atoms with Gasteiger partial charge in [-0.25, -0.2) is 0 Å². The Labute approximate surface area is 149 Å². The predicted molar refractivity (Wildman–Crippen MR) is 95.3 cm³/mol. The van der Waals surface area contributed by atoms with Crippen LogP contribution in [0.25, 0.3) is 0 Å². The Balaban J connectivity index is 1.60. The molecule has 3 N–H and O–H groups in total. The minimum Gasteiger partial charge on any atom is -0.490 e. The van der Waals surface area contributed by atoms with Gasteiger partial charge in [-0.05, 0) is 37.3 Å². The lowest BCUT2D eigenvalue weighted by molar-refractivity contribution is -0.123. The Morgan fingerprint density at radius 1 is 1.28 bits per heavy atom. The van der Waals surface area contributed by atoms with Gasteiger partial charge >= 0.3 is 0 Å². The molecular formula is C19H28N2O4. The van der Waals surface area contributed by atoms with Gasteiger partial charge in [0.2, 0.25) is 11.8 Å². The molecular weight excluding hydrogens is 320 g/mol. The third-order valence-corrected chi connectivity index (χ3v) is 4.46. The molecule has 0 aromatic heterocycles. The van der Waals surface area contributed by atoms with E-state index in [1.165, 1.54) is 0 Å². The van der Waals surface area contributed by atoms with Crippen molar-refractivity contribution in [3.05, 3.63) is 29.3 Å². The van der Waals surface area contributed by atoms with E-state index in [1.54, 1.807) is 0 Å². The zero-order valence-electron chi connectivity index (χ0n) is 15.2. The number of carbonyl (C=O) groups is 2. The first-order chi connectivity index (χ1) is 11.9. The highest BCUT2D eigenvalue weighted by Crippen LogP contribution is 2.37. The molecule has 2 rings (SSSR count). The van der Waals surface area contributed by atoms with Gasteiger partial charge < -0.3 is 20.5 Å². The summed E-state index contributed by atoms with van der Waals surface area (Å²) in [5.41, 5.74) is 2.02. The molecule has 1 aliphatic carbocycles. The number of para-hydroxylation sites is 1. The second-order valence-electron chi connectivity index (χ2n) is 6.85. The van der Waals surface area contributed by atoms with E-state index < -0.39 is 6.10 Å². The molecule has 25 heavy (non-hydrogen) atoms. The molecule has 1 fully saturated rings. The van der Waals surface area contributed by atoms with Gasteiger partial charge in [0.05, 0.1) is 0 Å². The summed E-state index contributed by atoms with van der Waals surface area (Å²) in [6, 6.07) is 5.86. The molecule has 2 amide bonds. The average molecular weight is 348 g/mol. The average Bonchev–Trinajstić information content (AvgIpc) is 3.29. The van der Waals surface area contributed by atoms with Crippen LogP contribution in [0.15, 0.2) is 18.2 Å². The molecule has 0 heterocycles. The number of benzene rings is 1. The number of nitrogens with one attached hydrogen (secondary N) is 2. The molecule has 1 aromatic rings. The van der Waals surface area contributed by atoms with Gasteiger partial charge in [-0.15, -0.1) is 0 Å². The van der Waals surface area contributed by atoms with Crippen LogP contribution >= 0.6 is 0 Å². The number of aliphatic hydroxyl groups is 1. The van der Waals surface area contributed by atoms with E-state index in [0.717, 1.165) is 23.3 Å². The van der Waals surface area contributed by atoms with Crippen molar-refractivity contribution in [2.45, 2.75) is 39.7 Å². The van der Waals surface area contributed by atoms with Crippen LogP contribution in [-0.2, 0) is 9.59 Å². The molecule has 3 atom stereocenters. The van der Waals surface area contributed by atoms with Crippen LogP contribution in [-0.4, -0.2) is 42.7 Å². The standard InChI is InChI=1S/C19H28N2O4/c1-12-5-4-6-13(2)18(12)25-11-15(22)10-21-17(23)7-8-20-19(24)16-9-14(16)3/h4-6,14-16,22H,7-11H2,1-3H3,(H,20,24)(H,21,23). The number of hydrogen-bond donors (Lipinski definition) is 3. The summed E-state index contributed by atoms with van der Waals surface area (Å²) in [5, 5.41) is 15.4. The fourth-order valence-corrected chi connectivity index (χ4v) is 2.70. The highest BCUT2D eigenvalue weighted by molar-refractivity contribution is 5.82. The Bertz CT molecular complexity index is 597. The molecule has 1 aliphatic rings. The number of aryl methyl sites for hydroxylation is 2. The van der Waals surface area contributed by atoms with Gasteiger partial charge in [-0.2, -0.15) is 0 Å². The lowest BCUT2D eigenvalue weighted by Gasteiger charge is -2.16. The van der Waals surface area contributed by atoms with Crippen LogP contribution in [0.2, 0.25) is 0 Å². The fraction of sp³-hybridized carbons (Fsp3) is 0.579.